The number of thiophene rings is 1. The molecule has 9 heteroatoms. The van der Waals surface area contributed by atoms with Crippen LogP contribution >= 0.6 is 50.5 Å². The van der Waals surface area contributed by atoms with E-state index in [0.29, 0.717) is 15.8 Å². The molecule has 2 aliphatic heterocycles. The van der Waals surface area contributed by atoms with E-state index in [9.17, 15) is 4.79 Å². The molecule has 0 spiro atoms. The van der Waals surface area contributed by atoms with Crippen LogP contribution in [-0.4, -0.2) is 29.7 Å². The van der Waals surface area contributed by atoms with Gasteiger partial charge in [-0.25, -0.2) is 5.01 Å². The normalized spacial score (nSPS) is 22.6. The molecular weight excluding hydrogens is 495 g/mol. The smallest absolute Gasteiger partial charge is 0.282 e. The van der Waals surface area contributed by atoms with Gasteiger partial charge in [0.25, 0.3) is 5.91 Å². The standard InChI is InChI=1S/C20H21BrCl2N4OS/c1-12-18(20(28)25-26-9-3-2-4-10-26)24-27(15-6-5-13(22)11-14(15)23)19(12)16-7-8-17(21)29-16/h5-8,11-12,19H,2-4,9-10H2,1H3,(H,25,28)/t12-,19+/m0/s1. The maximum Gasteiger partial charge on any atom is 0.282 e. The number of nitrogens with zero attached hydrogens (tertiary/aromatic N) is 3. The summed E-state index contributed by atoms with van der Waals surface area (Å²) >= 11 is 17.8. The lowest BCUT2D eigenvalue weighted by Crippen LogP contribution is -2.48. The summed E-state index contributed by atoms with van der Waals surface area (Å²) < 4.78 is 1.04. The fourth-order valence-electron chi connectivity index (χ4n) is 3.81. The van der Waals surface area contributed by atoms with Crippen LogP contribution in [0.15, 0.2) is 39.2 Å². The summed E-state index contributed by atoms with van der Waals surface area (Å²) in [5.41, 5.74) is 4.29. The zero-order chi connectivity index (χ0) is 20.5. The van der Waals surface area contributed by atoms with Crippen LogP contribution in [0.2, 0.25) is 10.0 Å². The molecule has 2 aliphatic rings. The number of hydrogen-bond donors (Lipinski definition) is 1. The first-order chi connectivity index (χ1) is 13.9. The van der Waals surface area contributed by atoms with E-state index in [-0.39, 0.29) is 17.9 Å². The summed E-state index contributed by atoms with van der Waals surface area (Å²) in [6, 6.07) is 9.30. The van der Waals surface area contributed by atoms with E-state index in [4.69, 9.17) is 28.3 Å². The van der Waals surface area contributed by atoms with Gasteiger partial charge >= 0.3 is 0 Å². The number of amides is 1. The van der Waals surface area contributed by atoms with Gasteiger partial charge in [-0.3, -0.25) is 15.2 Å². The minimum Gasteiger partial charge on any atom is -0.284 e. The summed E-state index contributed by atoms with van der Waals surface area (Å²) in [5.74, 6) is -0.246. The third-order valence-corrected chi connectivity index (χ3v) is 7.51. The molecule has 0 unspecified atom stereocenters. The zero-order valence-corrected chi connectivity index (χ0v) is 19.8. The zero-order valence-electron chi connectivity index (χ0n) is 15.9. The number of hydrazine groups is 1. The van der Waals surface area contributed by atoms with Crippen molar-refractivity contribution in [3.8, 4) is 0 Å². The molecule has 1 aromatic carbocycles. The lowest BCUT2D eigenvalue weighted by Gasteiger charge is -2.27. The molecule has 2 atom stereocenters. The van der Waals surface area contributed by atoms with Gasteiger partial charge in [0, 0.05) is 28.9 Å². The molecule has 4 rings (SSSR count). The number of nitrogens with one attached hydrogen (secondary N) is 1. The van der Waals surface area contributed by atoms with Gasteiger partial charge < -0.3 is 0 Å². The number of halogens is 3. The lowest BCUT2D eigenvalue weighted by molar-refractivity contribution is -0.120. The molecule has 0 saturated carbocycles. The van der Waals surface area contributed by atoms with E-state index in [1.54, 1.807) is 23.5 Å². The Bertz CT molecular complexity index is 944. The van der Waals surface area contributed by atoms with Gasteiger partial charge in [0.15, 0.2) is 0 Å². The Morgan fingerprint density at radius 1 is 1.21 bits per heavy atom. The van der Waals surface area contributed by atoms with Gasteiger partial charge in [-0.1, -0.05) is 36.5 Å². The largest absolute Gasteiger partial charge is 0.284 e. The van der Waals surface area contributed by atoms with Crippen LogP contribution in [0.5, 0.6) is 0 Å². The highest BCUT2D eigenvalue weighted by Gasteiger charge is 2.41. The van der Waals surface area contributed by atoms with Crippen molar-refractivity contribution in [3.63, 3.8) is 0 Å². The van der Waals surface area contributed by atoms with E-state index in [1.165, 1.54) is 6.42 Å². The Morgan fingerprint density at radius 3 is 2.62 bits per heavy atom. The molecule has 1 amide bonds. The molecule has 0 radical (unpaired) electrons. The Balaban J connectivity index is 1.67. The van der Waals surface area contributed by atoms with Crippen LogP contribution in [0.25, 0.3) is 0 Å². The Hall–Kier alpha value is -1.12. The molecule has 1 fully saturated rings. The van der Waals surface area contributed by atoms with E-state index >= 15 is 0 Å². The Labute approximate surface area is 192 Å². The van der Waals surface area contributed by atoms with Gasteiger partial charge in [0.1, 0.15) is 5.71 Å². The number of piperidine rings is 1. The van der Waals surface area contributed by atoms with E-state index in [0.717, 1.165) is 40.3 Å². The summed E-state index contributed by atoms with van der Waals surface area (Å²) in [6.45, 7) is 3.79. The van der Waals surface area contributed by atoms with Gasteiger partial charge in [0.2, 0.25) is 0 Å². The number of hydrogen-bond acceptors (Lipinski definition) is 5. The first-order valence-electron chi connectivity index (χ1n) is 9.58. The predicted octanol–water partition coefficient (Wildman–Crippen LogP) is 5.89. The molecule has 1 aromatic heterocycles. The van der Waals surface area contributed by atoms with Crippen molar-refractivity contribution in [2.24, 2.45) is 11.0 Å². The predicted molar refractivity (Wildman–Crippen MR) is 124 cm³/mol. The minimum atomic E-state index is -0.146. The topological polar surface area (TPSA) is 47.9 Å². The molecular formula is C20H21BrCl2N4OS. The quantitative estimate of drug-likeness (QED) is 0.552. The molecule has 1 N–H and O–H groups in total. The molecule has 5 nitrogen and oxygen atoms in total. The van der Waals surface area contributed by atoms with Crippen LogP contribution < -0.4 is 10.4 Å². The number of carbonyl (C=O) groups is 1. The SMILES string of the molecule is C[C@H]1C(C(=O)NN2CCCCC2)=NN(c2ccc(Cl)cc2Cl)[C@H]1c1ccc(Br)s1. The van der Waals surface area contributed by atoms with Crippen LogP contribution in [0.3, 0.4) is 0 Å². The summed E-state index contributed by atoms with van der Waals surface area (Å²) in [4.78, 5) is 14.2. The maximum absolute atomic E-state index is 13.1. The van der Waals surface area contributed by atoms with E-state index < -0.39 is 0 Å². The molecule has 0 aliphatic carbocycles. The molecule has 1 saturated heterocycles. The second-order valence-electron chi connectivity index (χ2n) is 7.29. The average Bonchev–Trinajstić information content (AvgIpc) is 3.25. The number of rotatable bonds is 4. The highest BCUT2D eigenvalue weighted by molar-refractivity contribution is 9.11. The van der Waals surface area contributed by atoms with Crippen molar-refractivity contribution >= 4 is 67.8 Å². The maximum atomic E-state index is 13.1. The van der Waals surface area contributed by atoms with Crippen LogP contribution in [0, 0.1) is 5.92 Å². The second kappa shape index (κ2) is 8.94. The number of hydrazone groups is 1. The molecule has 2 aromatic rings. The van der Waals surface area contributed by atoms with Crippen LogP contribution in [0.4, 0.5) is 5.69 Å². The fourth-order valence-corrected chi connectivity index (χ4v) is 5.92. The summed E-state index contributed by atoms with van der Waals surface area (Å²) in [7, 11) is 0. The van der Waals surface area contributed by atoms with Gasteiger partial charge in [-0.2, -0.15) is 5.10 Å². The Morgan fingerprint density at radius 2 is 1.97 bits per heavy atom. The minimum absolute atomic E-state index is 0.0999. The van der Waals surface area contributed by atoms with Crippen molar-refractivity contribution in [1.29, 1.82) is 0 Å². The highest BCUT2D eigenvalue weighted by Crippen LogP contribution is 2.44. The fraction of sp³-hybridized carbons (Fsp3) is 0.400. The first kappa shape index (κ1) is 21.1. The van der Waals surface area contributed by atoms with Gasteiger partial charge in [-0.05, 0) is 59.1 Å². The molecule has 29 heavy (non-hydrogen) atoms. The number of anilines is 1. The van der Waals surface area contributed by atoms with Crippen molar-refractivity contribution in [2.45, 2.75) is 32.2 Å². The van der Waals surface area contributed by atoms with Crippen molar-refractivity contribution in [3.05, 3.63) is 49.0 Å². The molecule has 0 bridgehead atoms. The third-order valence-electron chi connectivity index (χ3n) is 5.27. The Kier molecular flexibility index (Phi) is 6.51. The van der Waals surface area contributed by atoms with E-state index in [1.807, 2.05) is 29.1 Å². The van der Waals surface area contributed by atoms with Gasteiger partial charge in [0.05, 0.1) is 20.5 Å². The third kappa shape index (κ3) is 4.49. The van der Waals surface area contributed by atoms with Crippen LogP contribution in [-0.2, 0) is 4.79 Å². The van der Waals surface area contributed by atoms with Gasteiger partial charge in [-0.15, -0.1) is 11.3 Å². The average molecular weight is 516 g/mol. The van der Waals surface area contributed by atoms with Crippen LogP contribution in [0.1, 0.15) is 37.1 Å². The monoisotopic (exact) mass is 514 g/mol. The van der Waals surface area contributed by atoms with Crippen molar-refractivity contribution in [2.75, 3.05) is 18.1 Å². The van der Waals surface area contributed by atoms with Crippen molar-refractivity contribution in [1.82, 2.24) is 10.4 Å². The molecule has 154 valence electrons. The summed E-state index contributed by atoms with van der Waals surface area (Å²) in [6.07, 6.45) is 3.41. The number of carbonyl (C=O) groups excluding carboxylic acids is 1. The second-order valence-corrected chi connectivity index (χ2v) is 10.6. The number of benzene rings is 1. The lowest BCUT2D eigenvalue weighted by atomic mass is 9.95. The molecule has 3 heterocycles. The highest BCUT2D eigenvalue weighted by atomic mass is 79.9. The summed E-state index contributed by atoms with van der Waals surface area (Å²) in [5, 5.41) is 9.66. The van der Waals surface area contributed by atoms with Crippen molar-refractivity contribution < 1.29 is 4.79 Å². The van der Waals surface area contributed by atoms with E-state index in [2.05, 4.69) is 27.4 Å². The first-order valence-corrected chi connectivity index (χ1v) is 11.9.